The Morgan fingerprint density at radius 2 is 2.31 bits per heavy atom. The molecule has 82 valence electrons. The Bertz CT molecular complexity index is 545. The summed E-state index contributed by atoms with van der Waals surface area (Å²) in [5.41, 5.74) is 8.71. The highest BCUT2D eigenvalue weighted by molar-refractivity contribution is 5.65. The molecule has 0 amide bonds. The van der Waals surface area contributed by atoms with Gasteiger partial charge in [0.15, 0.2) is 0 Å². The van der Waals surface area contributed by atoms with Crippen molar-refractivity contribution in [3.63, 3.8) is 0 Å². The summed E-state index contributed by atoms with van der Waals surface area (Å²) in [5, 5.41) is 0. The first-order chi connectivity index (χ1) is 7.79. The monoisotopic (exact) mass is 217 g/mol. The summed E-state index contributed by atoms with van der Waals surface area (Å²) < 4.78 is 15.3. The van der Waals surface area contributed by atoms with Gasteiger partial charge in [0.2, 0.25) is 0 Å². The molecule has 3 nitrogen and oxygen atoms in total. The molecule has 2 N–H and O–H groups in total. The molecule has 1 aromatic heterocycles. The van der Waals surface area contributed by atoms with Gasteiger partial charge in [-0.1, -0.05) is 6.07 Å². The van der Waals surface area contributed by atoms with Crippen molar-refractivity contribution in [1.82, 2.24) is 9.55 Å². The van der Waals surface area contributed by atoms with Crippen LogP contribution in [0.1, 0.15) is 11.4 Å². The van der Waals surface area contributed by atoms with E-state index in [1.54, 1.807) is 12.3 Å². The SMILES string of the molecule is NCc1ncc2n1CCc1ccc(F)cc1-2. The zero-order valence-corrected chi connectivity index (χ0v) is 8.78. The third-order valence-electron chi connectivity index (χ3n) is 3.07. The number of nitrogens with zero attached hydrogens (tertiary/aromatic N) is 2. The highest BCUT2D eigenvalue weighted by Gasteiger charge is 2.19. The van der Waals surface area contributed by atoms with Crippen LogP contribution in [0.5, 0.6) is 0 Å². The summed E-state index contributed by atoms with van der Waals surface area (Å²) in [6.07, 6.45) is 2.69. The fourth-order valence-electron chi connectivity index (χ4n) is 2.28. The van der Waals surface area contributed by atoms with Crippen LogP contribution in [0.25, 0.3) is 11.3 Å². The van der Waals surface area contributed by atoms with Crippen molar-refractivity contribution < 1.29 is 4.39 Å². The van der Waals surface area contributed by atoms with E-state index >= 15 is 0 Å². The van der Waals surface area contributed by atoms with Crippen molar-refractivity contribution in [3.05, 3.63) is 41.6 Å². The van der Waals surface area contributed by atoms with Crippen LogP contribution in [0.3, 0.4) is 0 Å². The van der Waals surface area contributed by atoms with Crippen LogP contribution in [0.15, 0.2) is 24.4 Å². The predicted octanol–water partition coefficient (Wildman–Crippen LogP) is 1.70. The van der Waals surface area contributed by atoms with Gasteiger partial charge >= 0.3 is 0 Å². The Morgan fingerprint density at radius 1 is 1.44 bits per heavy atom. The molecule has 3 rings (SSSR count). The second kappa shape index (κ2) is 3.42. The lowest BCUT2D eigenvalue weighted by atomic mass is 9.99. The molecule has 1 aliphatic rings. The van der Waals surface area contributed by atoms with Gasteiger partial charge in [0.05, 0.1) is 18.4 Å². The minimum Gasteiger partial charge on any atom is -0.327 e. The van der Waals surface area contributed by atoms with E-state index in [-0.39, 0.29) is 5.82 Å². The lowest BCUT2D eigenvalue weighted by molar-refractivity contribution is 0.617. The molecule has 2 heterocycles. The zero-order chi connectivity index (χ0) is 11.1. The maximum absolute atomic E-state index is 13.2. The molecule has 0 saturated carbocycles. The average molecular weight is 217 g/mol. The molecule has 0 aliphatic carbocycles. The van der Waals surface area contributed by atoms with Crippen LogP contribution in [-0.4, -0.2) is 9.55 Å². The molecule has 1 aliphatic heterocycles. The molecule has 0 spiro atoms. The summed E-state index contributed by atoms with van der Waals surface area (Å²) in [5.74, 6) is 0.660. The van der Waals surface area contributed by atoms with Gasteiger partial charge < -0.3 is 10.3 Å². The Labute approximate surface area is 92.7 Å². The van der Waals surface area contributed by atoms with Gasteiger partial charge in [-0.2, -0.15) is 0 Å². The Morgan fingerprint density at radius 3 is 3.12 bits per heavy atom. The average Bonchev–Trinajstić information content (AvgIpc) is 2.72. The molecule has 0 fully saturated rings. The molecule has 0 unspecified atom stereocenters. The van der Waals surface area contributed by atoms with Crippen LogP contribution < -0.4 is 5.73 Å². The topological polar surface area (TPSA) is 43.8 Å². The number of aromatic nitrogens is 2. The Hall–Kier alpha value is -1.68. The Kier molecular flexibility index (Phi) is 2.04. The zero-order valence-electron chi connectivity index (χ0n) is 8.78. The fraction of sp³-hybridized carbons (Fsp3) is 0.250. The van der Waals surface area contributed by atoms with Crippen molar-refractivity contribution in [3.8, 4) is 11.3 Å². The van der Waals surface area contributed by atoms with Crippen molar-refractivity contribution in [2.45, 2.75) is 19.5 Å². The second-order valence-electron chi connectivity index (χ2n) is 3.97. The van der Waals surface area contributed by atoms with Crippen molar-refractivity contribution in [2.24, 2.45) is 5.73 Å². The molecule has 16 heavy (non-hydrogen) atoms. The minimum absolute atomic E-state index is 0.206. The smallest absolute Gasteiger partial charge is 0.123 e. The number of hydrogen-bond donors (Lipinski definition) is 1. The lowest BCUT2D eigenvalue weighted by Crippen LogP contribution is -2.15. The summed E-state index contributed by atoms with van der Waals surface area (Å²) in [4.78, 5) is 4.26. The standard InChI is InChI=1S/C12H12FN3/c13-9-2-1-8-3-4-16-11(10(8)5-9)7-15-12(16)6-14/h1-2,5,7H,3-4,6,14H2. The van der Waals surface area contributed by atoms with Gasteiger partial charge in [0.1, 0.15) is 11.6 Å². The number of rotatable bonds is 1. The lowest BCUT2D eigenvalue weighted by Gasteiger charge is -2.19. The van der Waals surface area contributed by atoms with Gasteiger partial charge in [0, 0.05) is 12.1 Å². The maximum atomic E-state index is 13.2. The number of halogens is 1. The molecule has 1 aromatic carbocycles. The number of fused-ring (bicyclic) bond motifs is 3. The van der Waals surface area contributed by atoms with E-state index in [1.807, 2.05) is 6.07 Å². The number of benzene rings is 1. The fourth-order valence-corrected chi connectivity index (χ4v) is 2.28. The van der Waals surface area contributed by atoms with E-state index in [0.29, 0.717) is 6.54 Å². The first kappa shape index (κ1) is 9.54. The third-order valence-corrected chi connectivity index (χ3v) is 3.07. The number of imidazole rings is 1. The van der Waals surface area contributed by atoms with Crippen molar-refractivity contribution >= 4 is 0 Å². The number of nitrogens with two attached hydrogens (primary N) is 1. The van der Waals surface area contributed by atoms with E-state index in [1.165, 1.54) is 11.6 Å². The molecule has 2 aromatic rings. The minimum atomic E-state index is -0.206. The predicted molar refractivity (Wildman–Crippen MR) is 59.2 cm³/mol. The molecule has 0 saturated heterocycles. The van der Waals surface area contributed by atoms with E-state index in [2.05, 4.69) is 9.55 Å². The molecular formula is C12H12FN3. The van der Waals surface area contributed by atoms with Crippen LogP contribution in [0.4, 0.5) is 4.39 Å². The van der Waals surface area contributed by atoms with Crippen LogP contribution in [0, 0.1) is 5.82 Å². The van der Waals surface area contributed by atoms with Gasteiger partial charge in [-0.15, -0.1) is 0 Å². The third kappa shape index (κ3) is 1.27. The second-order valence-corrected chi connectivity index (χ2v) is 3.97. The van der Waals surface area contributed by atoms with Crippen molar-refractivity contribution in [1.29, 1.82) is 0 Å². The molecular weight excluding hydrogens is 205 g/mol. The van der Waals surface area contributed by atoms with Crippen molar-refractivity contribution in [2.75, 3.05) is 0 Å². The molecule has 4 heteroatoms. The first-order valence-electron chi connectivity index (χ1n) is 5.33. The van der Waals surface area contributed by atoms with E-state index < -0.39 is 0 Å². The van der Waals surface area contributed by atoms with Gasteiger partial charge in [-0.3, -0.25) is 0 Å². The maximum Gasteiger partial charge on any atom is 0.123 e. The summed E-state index contributed by atoms with van der Waals surface area (Å²) in [6, 6.07) is 4.93. The molecule has 0 bridgehead atoms. The van der Waals surface area contributed by atoms with Crippen LogP contribution >= 0.6 is 0 Å². The quantitative estimate of drug-likeness (QED) is 0.790. The van der Waals surface area contributed by atoms with Gasteiger partial charge in [-0.25, -0.2) is 9.37 Å². The number of hydrogen-bond acceptors (Lipinski definition) is 2. The van der Waals surface area contributed by atoms with E-state index in [0.717, 1.165) is 30.0 Å². The largest absolute Gasteiger partial charge is 0.327 e. The number of aryl methyl sites for hydroxylation is 1. The van der Waals surface area contributed by atoms with Crippen LogP contribution in [-0.2, 0) is 19.5 Å². The molecule has 0 radical (unpaired) electrons. The van der Waals surface area contributed by atoms with E-state index in [4.69, 9.17) is 5.73 Å². The summed E-state index contributed by atoms with van der Waals surface area (Å²) >= 11 is 0. The normalized spacial score (nSPS) is 13.4. The highest BCUT2D eigenvalue weighted by atomic mass is 19.1. The van der Waals surface area contributed by atoms with Gasteiger partial charge in [0.25, 0.3) is 0 Å². The molecule has 0 atom stereocenters. The van der Waals surface area contributed by atoms with E-state index in [9.17, 15) is 4.39 Å². The summed E-state index contributed by atoms with van der Waals surface area (Å²) in [6.45, 7) is 1.30. The Balaban J connectivity index is 2.22. The highest BCUT2D eigenvalue weighted by Crippen LogP contribution is 2.30. The first-order valence-corrected chi connectivity index (χ1v) is 5.33. The summed E-state index contributed by atoms with van der Waals surface area (Å²) in [7, 11) is 0. The van der Waals surface area contributed by atoms with Crippen LogP contribution in [0.2, 0.25) is 0 Å². The van der Waals surface area contributed by atoms with Gasteiger partial charge in [-0.05, 0) is 24.1 Å².